The molecule has 7 aromatic carbocycles. The molecule has 0 aliphatic carbocycles. The van der Waals surface area contributed by atoms with Gasteiger partial charge in [-0.25, -0.2) is 4.98 Å². The summed E-state index contributed by atoms with van der Waals surface area (Å²) in [6.45, 7) is 8.48. The zero-order valence-electron chi connectivity index (χ0n) is 40.4. The van der Waals surface area contributed by atoms with E-state index in [4.69, 9.17) is 16.8 Å². The fraction of sp³-hybridized carbons (Fsp3) is 0.158. The van der Waals surface area contributed by atoms with E-state index in [0.717, 1.165) is 66.9 Å². The van der Waals surface area contributed by atoms with Gasteiger partial charge in [-0.05, 0) is 154 Å². The van der Waals surface area contributed by atoms with Crippen molar-refractivity contribution in [1.29, 1.82) is 0 Å². The van der Waals surface area contributed by atoms with Crippen LogP contribution in [0.15, 0.2) is 164 Å². The van der Waals surface area contributed by atoms with Gasteiger partial charge >= 0.3 is 0 Å². The van der Waals surface area contributed by atoms with Crippen molar-refractivity contribution in [2.75, 3.05) is 0 Å². The smallest absolute Gasteiger partial charge is 0.149 e. The molecule has 0 aliphatic heterocycles. The largest absolute Gasteiger partial charge is 0.507 e. The monoisotopic (exact) mass is 798 g/mol. The summed E-state index contributed by atoms with van der Waals surface area (Å²) >= 11 is 0. The predicted octanol–water partition coefficient (Wildman–Crippen LogP) is 15.3. The number of phenolic OH excluding ortho intramolecular Hbond substituents is 1. The van der Waals surface area contributed by atoms with Crippen molar-refractivity contribution in [3.63, 3.8) is 0 Å². The van der Waals surface area contributed by atoms with Crippen molar-refractivity contribution in [3.8, 4) is 78.6 Å². The molecule has 0 spiro atoms. The van der Waals surface area contributed by atoms with Gasteiger partial charge in [0.1, 0.15) is 11.6 Å². The van der Waals surface area contributed by atoms with E-state index in [1.54, 1.807) is 6.07 Å². The topological polar surface area (TPSA) is 50.9 Å². The van der Waals surface area contributed by atoms with Gasteiger partial charge in [-0.1, -0.05) is 131 Å². The Morgan fingerprint density at radius 1 is 0.541 bits per heavy atom. The number of fused-ring (bicyclic) bond motifs is 1. The van der Waals surface area contributed by atoms with Crippen LogP contribution in [0, 0.1) is 20.7 Å². The third kappa shape index (κ3) is 7.66. The molecule has 2 heterocycles. The summed E-state index contributed by atoms with van der Waals surface area (Å²) in [4.78, 5) is 10.2. The van der Waals surface area contributed by atoms with Crippen molar-refractivity contribution in [2.45, 2.75) is 60.2 Å². The summed E-state index contributed by atoms with van der Waals surface area (Å²) in [5, 5.41) is 11.8. The Balaban J connectivity index is 1.31. The van der Waals surface area contributed by atoms with E-state index in [1.165, 1.54) is 0 Å². The van der Waals surface area contributed by atoms with Gasteiger partial charge < -0.3 is 5.11 Å². The Morgan fingerprint density at radius 2 is 1.18 bits per heavy atom. The number of nitrogens with zero attached hydrogens (tertiary/aromatic N) is 3. The number of aromatic hydroxyl groups is 1. The van der Waals surface area contributed by atoms with Crippen molar-refractivity contribution in [1.82, 2.24) is 14.5 Å². The highest BCUT2D eigenvalue weighted by Gasteiger charge is 2.23. The SMILES string of the molecule is [2H]C([2H])([2H])c1cc(-c2cc(C([2H])(C)C)cc(C([2H])(C)C)c2)ccc1-n1c(-c2cc(C)cc(C)c2O)nc2c(-c3cc(-c4ccccc4)cc(-c4cc(-c5ccccc5)ccn4)c3)cccc21. The Labute approximate surface area is 366 Å². The van der Waals surface area contributed by atoms with E-state index in [0.29, 0.717) is 39.2 Å². The lowest BCUT2D eigenvalue weighted by molar-refractivity contribution is 0.472. The van der Waals surface area contributed by atoms with Crippen LogP contribution in [-0.4, -0.2) is 19.6 Å². The number of hydrogen-bond acceptors (Lipinski definition) is 3. The van der Waals surface area contributed by atoms with Crippen molar-refractivity contribution < 1.29 is 12.0 Å². The molecule has 0 bridgehead atoms. The molecular formula is C57H51N3O. The molecule has 0 radical (unpaired) electrons. The number of aromatic nitrogens is 3. The summed E-state index contributed by atoms with van der Waals surface area (Å²) < 4.78 is 46.6. The van der Waals surface area contributed by atoms with E-state index in [9.17, 15) is 5.11 Å². The summed E-state index contributed by atoms with van der Waals surface area (Å²) in [6, 6.07) is 51.9. The fourth-order valence-electron chi connectivity index (χ4n) is 8.30. The highest BCUT2D eigenvalue weighted by atomic mass is 16.3. The number of aryl methyl sites for hydroxylation is 3. The van der Waals surface area contributed by atoms with Gasteiger partial charge in [-0.15, -0.1) is 0 Å². The first-order valence-electron chi connectivity index (χ1n) is 23.2. The minimum absolute atomic E-state index is 0.0591. The van der Waals surface area contributed by atoms with Gasteiger partial charge in [0.25, 0.3) is 0 Å². The summed E-state index contributed by atoms with van der Waals surface area (Å²) in [6.07, 6.45) is 1.84. The second-order valence-electron chi connectivity index (χ2n) is 16.4. The van der Waals surface area contributed by atoms with Gasteiger partial charge in [-0.3, -0.25) is 9.55 Å². The molecule has 0 fully saturated rings. The maximum Gasteiger partial charge on any atom is 0.149 e. The van der Waals surface area contributed by atoms with Crippen LogP contribution in [0.4, 0.5) is 0 Å². The maximum atomic E-state index is 11.8. The normalized spacial score (nSPS) is 13.3. The van der Waals surface area contributed by atoms with Crippen LogP contribution in [0.3, 0.4) is 0 Å². The standard InChI is InChI=1S/C57H51N3O/c1-35(2)44-28-45(36(3)4)30-47(29-44)42-21-22-53(38(6)27-42)60-54-20-14-19-50(55(54)59-57(60)51-26-37(5)25-39(7)56(51)61)48-31-46(41-17-12-9-13-18-41)32-49(33-48)52-34-43(23-24-58-52)40-15-10-8-11-16-40/h8-36,61H,1-7H3/i6D3,35D,36D. The number of phenols is 1. The summed E-state index contributed by atoms with van der Waals surface area (Å²) in [7, 11) is 0. The number of rotatable bonds is 9. The first-order chi connectivity index (χ1) is 31.3. The first-order valence-corrected chi connectivity index (χ1v) is 20.7. The van der Waals surface area contributed by atoms with Crippen molar-refractivity contribution >= 4 is 11.0 Å². The van der Waals surface area contributed by atoms with Crippen LogP contribution in [0.25, 0.3) is 83.9 Å². The predicted molar refractivity (Wildman–Crippen MR) is 256 cm³/mol. The molecule has 1 N–H and O–H groups in total. The van der Waals surface area contributed by atoms with E-state index in [-0.39, 0.29) is 11.3 Å². The lowest BCUT2D eigenvalue weighted by Gasteiger charge is -2.17. The number of imidazole rings is 1. The molecule has 9 aromatic rings. The van der Waals surface area contributed by atoms with E-state index in [2.05, 4.69) is 48.5 Å². The third-order valence-corrected chi connectivity index (χ3v) is 11.5. The Bertz CT molecular complexity index is 3260. The van der Waals surface area contributed by atoms with Crippen LogP contribution in [0.5, 0.6) is 5.75 Å². The minimum atomic E-state index is -2.58. The number of hydrogen-bond donors (Lipinski definition) is 1. The molecule has 0 unspecified atom stereocenters. The maximum absolute atomic E-state index is 11.8. The molecule has 9 rings (SSSR count). The molecular weight excluding hydrogens is 743 g/mol. The van der Waals surface area contributed by atoms with Gasteiger partial charge in [-0.2, -0.15) is 0 Å². The number of benzene rings is 7. The third-order valence-electron chi connectivity index (χ3n) is 11.5. The second kappa shape index (κ2) is 16.2. The number of pyridine rings is 1. The second-order valence-corrected chi connectivity index (χ2v) is 16.4. The van der Waals surface area contributed by atoms with Crippen LogP contribution in [0.2, 0.25) is 0 Å². The van der Waals surface area contributed by atoms with Crippen LogP contribution in [-0.2, 0) is 0 Å². The Hall–Kier alpha value is -7.04. The van der Waals surface area contributed by atoms with Crippen molar-refractivity contribution in [3.05, 3.63) is 192 Å². The van der Waals surface area contributed by atoms with Crippen molar-refractivity contribution in [2.24, 2.45) is 0 Å². The average molecular weight is 799 g/mol. The molecule has 0 amide bonds. The minimum Gasteiger partial charge on any atom is -0.507 e. The summed E-state index contributed by atoms with van der Waals surface area (Å²) in [5.41, 5.74) is 14.3. The molecule has 4 nitrogen and oxygen atoms in total. The zero-order chi connectivity index (χ0) is 46.7. The Kier molecular flexibility index (Phi) is 8.96. The molecule has 4 heteroatoms. The fourth-order valence-corrected chi connectivity index (χ4v) is 8.30. The van der Waals surface area contributed by atoms with E-state index < -0.39 is 18.6 Å². The van der Waals surface area contributed by atoms with E-state index >= 15 is 0 Å². The molecule has 0 atom stereocenters. The van der Waals surface area contributed by atoms with Crippen LogP contribution >= 0.6 is 0 Å². The highest BCUT2D eigenvalue weighted by Crippen LogP contribution is 2.42. The zero-order valence-corrected chi connectivity index (χ0v) is 35.4. The van der Waals surface area contributed by atoms with Gasteiger partial charge in [0.15, 0.2) is 0 Å². The molecule has 2 aromatic heterocycles. The van der Waals surface area contributed by atoms with Gasteiger partial charge in [0.05, 0.1) is 28.0 Å². The molecule has 61 heavy (non-hydrogen) atoms. The molecule has 0 saturated carbocycles. The van der Waals surface area contributed by atoms with Gasteiger partial charge in [0.2, 0.25) is 0 Å². The lowest BCUT2D eigenvalue weighted by atomic mass is 9.90. The molecule has 0 aliphatic rings. The van der Waals surface area contributed by atoms with E-state index in [1.807, 2.05) is 155 Å². The first kappa shape index (κ1) is 33.8. The average Bonchev–Trinajstić information content (AvgIpc) is 3.69. The van der Waals surface area contributed by atoms with Crippen LogP contribution < -0.4 is 0 Å². The van der Waals surface area contributed by atoms with Crippen LogP contribution in [0.1, 0.15) is 74.2 Å². The number of para-hydroxylation sites is 1. The Morgan fingerprint density at radius 3 is 1.87 bits per heavy atom. The lowest BCUT2D eigenvalue weighted by Crippen LogP contribution is -2.01. The quantitative estimate of drug-likeness (QED) is 0.158. The van der Waals surface area contributed by atoms with Gasteiger partial charge in [0, 0.05) is 24.2 Å². The summed E-state index contributed by atoms with van der Waals surface area (Å²) in [5.74, 6) is -1.46. The molecule has 0 saturated heterocycles. The highest BCUT2D eigenvalue weighted by molar-refractivity contribution is 5.98. The molecule has 300 valence electrons.